The fourth-order valence-electron chi connectivity index (χ4n) is 2.37. The average molecular weight is 286 g/mol. The summed E-state index contributed by atoms with van der Waals surface area (Å²) in [6, 6.07) is 5.86. The highest BCUT2D eigenvalue weighted by Gasteiger charge is 2.25. The highest BCUT2D eigenvalue weighted by Crippen LogP contribution is 2.13. The van der Waals surface area contributed by atoms with E-state index in [1.165, 1.54) is 0 Å². The molecule has 0 radical (unpaired) electrons. The lowest BCUT2D eigenvalue weighted by Crippen LogP contribution is -2.49. The van der Waals surface area contributed by atoms with Gasteiger partial charge in [0.05, 0.1) is 0 Å². The number of aryl methyl sites for hydroxylation is 1. The minimum absolute atomic E-state index is 0.105. The zero-order valence-electron chi connectivity index (χ0n) is 12.0. The summed E-state index contributed by atoms with van der Waals surface area (Å²) in [7, 11) is 0. The van der Waals surface area contributed by atoms with Crippen molar-refractivity contribution in [1.29, 1.82) is 0 Å². The number of piperazine rings is 1. The van der Waals surface area contributed by atoms with Crippen LogP contribution in [0.25, 0.3) is 0 Å². The number of carbonyl (C=O) groups excluding carboxylic acids is 1. The molecular formula is C14H18N6O. The van der Waals surface area contributed by atoms with Crippen molar-refractivity contribution in [2.24, 2.45) is 0 Å². The molecule has 3 rings (SSSR count). The number of anilines is 1. The van der Waals surface area contributed by atoms with Gasteiger partial charge >= 0.3 is 0 Å². The molecule has 1 amide bonds. The molecule has 1 saturated heterocycles. The van der Waals surface area contributed by atoms with Crippen LogP contribution in [0, 0.1) is 0 Å². The number of hydrogen-bond donors (Lipinski definition) is 1. The minimum Gasteiger partial charge on any atom is -0.353 e. The number of pyridine rings is 1. The molecule has 21 heavy (non-hydrogen) atoms. The number of hydrogen-bond acceptors (Lipinski definition) is 5. The standard InChI is InChI=1S/C14H18N6O/c1-2-11-16-13(18-17-11)14(21)20-9-7-19(8-10-20)12-5-3-4-6-15-12/h3-6H,2,7-10H2,1H3,(H,16,17,18). The normalized spacial score (nSPS) is 15.3. The molecule has 1 aliphatic rings. The van der Waals surface area contributed by atoms with E-state index in [0.29, 0.717) is 13.1 Å². The Morgan fingerprint density at radius 1 is 1.29 bits per heavy atom. The Hall–Kier alpha value is -2.44. The molecule has 0 unspecified atom stereocenters. The Morgan fingerprint density at radius 2 is 2.10 bits per heavy atom. The summed E-state index contributed by atoms with van der Waals surface area (Å²) in [5.74, 6) is 1.85. The Kier molecular flexibility index (Phi) is 3.81. The van der Waals surface area contributed by atoms with Crippen LogP contribution in [0.3, 0.4) is 0 Å². The van der Waals surface area contributed by atoms with Crippen molar-refractivity contribution in [2.45, 2.75) is 13.3 Å². The third kappa shape index (κ3) is 2.86. The van der Waals surface area contributed by atoms with Gasteiger partial charge in [-0.3, -0.25) is 9.89 Å². The summed E-state index contributed by atoms with van der Waals surface area (Å²) >= 11 is 0. The lowest BCUT2D eigenvalue weighted by atomic mass is 10.3. The van der Waals surface area contributed by atoms with Gasteiger partial charge in [-0.15, -0.1) is 5.10 Å². The van der Waals surface area contributed by atoms with Crippen LogP contribution in [0.5, 0.6) is 0 Å². The topological polar surface area (TPSA) is 78.0 Å². The second kappa shape index (κ2) is 5.90. The summed E-state index contributed by atoms with van der Waals surface area (Å²) < 4.78 is 0. The SMILES string of the molecule is CCc1nc(C(=O)N2CCN(c3ccccn3)CC2)n[nH]1. The summed E-state index contributed by atoms with van der Waals surface area (Å²) in [5.41, 5.74) is 0. The first-order chi connectivity index (χ1) is 10.3. The Balaban J connectivity index is 1.61. The third-order valence-corrected chi connectivity index (χ3v) is 3.60. The summed E-state index contributed by atoms with van der Waals surface area (Å²) in [4.78, 5) is 24.8. The van der Waals surface area contributed by atoms with Crippen molar-refractivity contribution in [3.63, 3.8) is 0 Å². The van der Waals surface area contributed by atoms with Gasteiger partial charge in [0.2, 0.25) is 5.82 Å². The van der Waals surface area contributed by atoms with Crippen molar-refractivity contribution in [1.82, 2.24) is 25.1 Å². The van der Waals surface area contributed by atoms with Gasteiger partial charge in [-0.1, -0.05) is 13.0 Å². The molecule has 1 aliphatic heterocycles. The van der Waals surface area contributed by atoms with E-state index in [1.807, 2.05) is 25.1 Å². The van der Waals surface area contributed by atoms with Crippen LogP contribution in [0.2, 0.25) is 0 Å². The maximum atomic E-state index is 12.3. The lowest BCUT2D eigenvalue weighted by molar-refractivity contribution is 0.0734. The second-order valence-corrected chi connectivity index (χ2v) is 4.93. The fourth-order valence-corrected chi connectivity index (χ4v) is 2.37. The maximum absolute atomic E-state index is 12.3. The molecule has 0 bridgehead atoms. The predicted octanol–water partition coefficient (Wildman–Crippen LogP) is 0.724. The molecule has 3 heterocycles. The van der Waals surface area contributed by atoms with Gasteiger partial charge in [-0.2, -0.15) is 0 Å². The summed E-state index contributed by atoms with van der Waals surface area (Å²) in [5, 5.41) is 6.77. The number of aromatic amines is 1. The lowest BCUT2D eigenvalue weighted by Gasteiger charge is -2.34. The molecule has 1 fully saturated rings. The van der Waals surface area contributed by atoms with Crippen molar-refractivity contribution < 1.29 is 4.79 Å². The van der Waals surface area contributed by atoms with Crippen LogP contribution in [0.4, 0.5) is 5.82 Å². The summed E-state index contributed by atoms with van der Waals surface area (Å²) in [6.45, 7) is 4.83. The molecule has 0 aliphatic carbocycles. The van der Waals surface area contributed by atoms with Gasteiger partial charge in [-0.25, -0.2) is 9.97 Å². The van der Waals surface area contributed by atoms with E-state index in [2.05, 4.69) is 25.1 Å². The van der Waals surface area contributed by atoms with Crippen LogP contribution in [-0.4, -0.2) is 57.2 Å². The van der Waals surface area contributed by atoms with Crippen LogP contribution in [-0.2, 0) is 6.42 Å². The van der Waals surface area contributed by atoms with Crippen molar-refractivity contribution in [2.75, 3.05) is 31.1 Å². The molecule has 0 aromatic carbocycles. The van der Waals surface area contributed by atoms with E-state index in [0.717, 1.165) is 31.2 Å². The second-order valence-electron chi connectivity index (χ2n) is 4.93. The molecule has 2 aromatic heterocycles. The maximum Gasteiger partial charge on any atom is 0.293 e. The van der Waals surface area contributed by atoms with E-state index in [-0.39, 0.29) is 11.7 Å². The molecule has 7 heteroatoms. The van der Waals surface area contributed by atoms with Crippen molar-refractivity contribution in [3.8, 4) is 0 Å². The number of rotatable bonds is 3. The quantitative estimate of drug-likeness (QED) is 0.899. The van der Waals surface area contributed by atoms with Gasteiger partial charge in [0, 0.05) is 38.8 Å². The average Bonchev–Trinajstić information content (AvgIpc) is 3.04. The predicted molar refractivity (Wildman–Crippen MR) is 78.1 cm³/mol. The van der Waals surface area contributed by atoms with Gasteiger partial charge in [0.1, 0.15) is 11.6 Å². The van der Waals surface area contributed by atoms with Gasteiger partial charge < -0.3 is 9.80 Å². The summed E-state index contributed by atoms with van der Waals surface area (Å²) in [6.07, 6.45) is 2.53. The van der Waals surface area contributed by atoms with E-state index in [1.54, 1.807) is 11.1 Å². The Morgan fingerprint density at radius 3 is 2.71 bits per heavy atom. The molecule has 7 nitrogen and oxygen atoms in total. The molecule has 0 spiro atoms. The van der Waals surface area contributed by atoms with E-state index in [9.17, 15) is 4.79 Å². The van der Waals surface area contributed by atoms with Gasteiger partial charge in [0.25, 0.3) is 5.91 Å². The molecule has 0 saturated carbocycles. The first kappa shape index (κ1) is 13.5. The van der Waals surface area contributed by atoms with Crippen LogP contribution >= 0.6 is 0 Å². The molecule has 0 atom stereocenters. The highest BCUT2D eigenvalue weighted by molar-refractivity contribution is 5.90. The van der Waals surface area contributed by atoms with E-state index < -0.39 is 0 Å². The number of nitrogens with zero attached hydrogens (tertiary/aromatic N) is 5. The van der Waals surface area contributed by atoms with Gasteiger partial charge in [-0.05, 0) is 12.1 Å². The van der Waals surface area contributed by atoms with Gasteiger partial charge in [0.15, 0.2) is 0 Å². The molecule has 1 N–H and O–H groups in total. The molecule has 110 valence electrons. The number of amides is 1. The number of H-pyrrole nitrogens is 1. The Bertz CT molecular complexity index is 603. The van der Waals surface area contributed by atoms with Crippen LogP contribution in [0.1, 0.15) is 23.4 Å². The largest absolute Gasteiger partial charge is 0.353 e. The smallest absolute Gasteiger partial charge is 0.293 e. The Labute approximate surface area is 123 Å². The zero-order chi connectivity index (χ0) is 14.7. The van der Waals surface area contributed by atoms with Crippen LogP contribution < -0.4 is 4.90 Å². The van der Waals surface area contributed by atoms with E-state index in [4.69, 9.17) is 0 Å². The third-order valence-electron chi connectivity index (χ3n) is 3.60. The first-order valence-electron chi connectivity index (χ1n) is 7.14. The van der Waals surface area contributed by atoms with Crippen molar-refractivity contribution >= 4 is 11.7 Å². The molecular weight excluding hydrogens is 268 g/mol. The first-order valence-corrected chi connectivity index (χ1v) is 7.14. The zero-order valence-corrected chi connectivity index (χ0v) is 12.0. The van der Waals surface area contributed by atoms with Crippen LogP contribution in [0.15, 0.2) is 24.4 Å². The molecule has 2 aromatic rings. The number of nitrogens with one attached hydrogen (secondary N) is 1. The number of carbonyl (C=O) groups is 1. The monoisotopic (exact) mass is 286 g/mol. The fraction of sp³-hybridized carbons (Fsp3) is 0.429. The number of aromatic nitrogens is 4. The minimum atomic E-state index is -0.105. The van der Waals surface area contributed by atoms with E-state index >= 15 is 0 Å². The highest BCUT2D eigenvalue weighted by atomic mass is 16.2. The van der Waals surface area contributed by atoms with Crippen molar-refractivity contribution in [3.05, 3.63) is 36.0 Å².